The maximum absolute atomic E-state index is 12.2. The summed E-state index contributed by atoms with van der Waals surface area (Å²) >= 11 is 0. The van der Waals surface area contributed by atoms with E-state index in [2.05, 4.69) is 19.2 Å². The molecule has 1 heterocycles. The molecule has 2 fully saturated rings. The monoisotopic (exact) mass is 274 g/mol. The lowest BCUT2D eigenvalue weighted by Gasteiger charge is -2.54. The highest BCUT2D eigenvalue weighted by Gasteiger charge is 2.59. The molecule has 3 N–H and O–H groups in total. The van der Waals surface area contributed by atoms with Gasteiger partial charge in [-0.15, -0.1) is 0 Å². The Balaban J connectivity index is 1.60. The van der Waals surface area contributed by atoms with Gasteiger partial charge in [0.1, 0.15) is 0 Å². The van der Waals surface area contributed by atoms with Crippen LogP contribution in [0.25, 0.3) is 0 Å². The van der Waals surface area contributed by atoms with Gasteiger partial charge >= 0.3 is 0 Å². The molecule has 2 aliphatic rings. The zero-order chi connectivity index (χ0) is 14.3. The summed E-state index contributed by atoms with van der Waals surface area (Å²) in [4.78, 5) is 12.2. The fraction of sp³-hybridized carbons (Fsp3) is 0.562. The van der Waals surface area contributed by atoms with Gasteiger partial charge in [0, 0.05) is 29.7 Å². The molecule has 1 aliphatic heterocycles. The third-order valence-corrected chi connectivity index (χ3v) is 4.76. The number of nitrogens with two attached hydrogens (primary N) is 1. The van der Waals surface area contributed by atoms with E-state index < -0.39 is 0 Å². The van der Waals surface area contributed by atoms with Crippen molar-refractivity contribution in [2.45, 2.75) is 38.8 Å². The molecule has 4 nitrogen and oxygen atoms in total. The summed E-state index contributed by atoms with van der Waals surface area (Å²) < 4.78 is 5.75. The van der Waals surface area contributed by atoms with Gasteiger partial charge in [-0.25, -0.2) is 0 Å². The summed E-state index contributed by atoms with van der Waals surface area (Å²) in [5.41, 5.74) is 7.40. The Hall–Kier alpha value is -1.55. The number of nitrogen functional groups attached to an aromatic ring is 1. The number of carbonyl (C=O) groups excluding carboxylic acids is 1. The van der Waals surface area contributed by atoms with Gasteiger partial charge in [0.25, 0.3) is 0 Å². The lowest BCUT2D eigenvalue weighted by molar-refractivity contribution is -0.137. The van der Waals surface area contributed by atoms with Crippen molar-refractivity contribution in [3.05, 3.63) is 29.8 Å². The summed E-state index contributed by atoms with van der Waals surface area (Å²) in [6.07, 6.45) is 1.77. The van der Waals surface area contributed by atoms with Crippen molar-refractivity contribution in [1.82, 2.24) is 5.32 Å². The first kappa shape index (κ1) is 13.4. The number of nitrogens with one attached hydrogen (secondary N) is 1. The second-order valence-corrected chi connectivity index (χ2v) is 6.53. The van der Waals surface area contributed by atoms with Gasteiger partial charge < -0.3 is 15.8 Å². The number of rotatable bonds is 3. The highest BCUT2D eigenvalue weighted by atomic mass is 16.5. The maximum atomic E-state index is 12.2. The van der Waals surface area contributed by atoms with E-state index in [4.69, 9.17) is 10.5 Å². The zero-order valence-corrected chi connectivity index (χ0v) is 12.1. The van der Waals surface area contributed by atoms with Gasteiger partial charge in [-0.2, -0.15) is 0 Å². The molecule has 108 valence electrons. The van der Waals surface area contributed by atoms with Crippen LogP contribution in [0.15, 0.2) is 24.3 Å². The number of amides is 1. The van der Waals surface area contributed by atoms with E-state index in [0.717, 1.165) is 24.3 Å². The fourth-order valence-corrected chi connectivity index (χ4v) is 3.66. The van der Waals surface area contributed by atoms with E-state index in [9.17, 15) is 4.79 Å². The number of ether oxygens (including phenoxy) is 1. The quantitative estimate of drug-likeness (QED) is 0.825. The van der Waals surface area contributed by atoms with Crippen molar-refractivity contribution in [3.63, 3.8) is 0 Å². The standard InChI is InChI=1S/C16H22N2O2/c1-16(2)14(12-7-8-20-15(12)16)18-13(19)9-10-3-5-11(17)6-4-10/h3-6,12,14-15H,7-9,17H2,1-2H3,(H,18,19). The number of benzene rings is 1. The van der Waals surface area contributed by atoms with Gasteiger partial charge in [-0.05, 0) is 24.1 Å². The molecule has 1 aliphatic carbocycles. The molecule has 0 spiro atoms. The highest BCUT2D eigenvalue weighted by Crippen LogP contribution is 2.52. The molecule has 0 radical (unpaired) electrons. The SMILES string of the molecule is CC1(C)C(NC(=O)Cc2ccc(N)cc2)C2CCOC21. The summed E-state index contributed by atoms with van der Waals surface area (Å²) in [7, 11) is 0. The van der Waals surface area contributed by atoms with Crippen LogP contribution in [0, 0.1) is 11.3 Å². The molecule has 1 saturated carbocycles. The van der Waals surface area contributed by atoms with Gasteiger partial charge in [-0.3, -0.25) is 4.79 Å². The van der Waals surface area contributed by atoms with Gasteiger partial charge in [0.05, 0.1) is 12.5 Å². The molecule has 0 bridgehead atoms. The van der Waals surface area contributed by atoms with E-state index in [1.807, 2.05) is 24.3 Å². The van der Waals surface area contributed by atoms with Crippen LogP contribution in [0.4, 0.5) is 5.69 Å². The number of anilines is 1. The second kappa shape index (κ2) is 4.77. The van der Waals surface area contributed by atoms with E-state index in [-0.39, 0.29) is 17.4 Å². The Labute approximate surface area is 119 Å². The Morgan fingerprint density at radius 3 is 2.80 bits per heavy atom. The zero-order valence-electron chi connectivity index (χ0n) is 12.1. The molecule has 1 aromatic carbocycles. The summed E-state index contributed by atoms with van der Waals surface area (Å²) in [6.45, 7) is 5.17. The number of fused-ring (bicyclic) bond motifs is 1. The van der Waals surface area contributed by atoms with Gasteiger partial charge in [0.15, 0.2) is 0 Å². The normalized spacial score (nSPS) is 30.4. The lowest BCUT2D eigenvalue weighted by Crippen LogP contribution is -2.66. The predicted octanol–water partition coefficient (Wildman–Crippen LogP) is 1.74. The van der Waals surface area contributed by atoms with Crippen LogP contribution < -0.4 is 11.1 Å². The van der Waals surface area contributed by atoms with E-state index in [1.54, 1.807) is 0 Å². The van der Waals surface area contributed by atoms with Crippen LogP contribution in [-0.4, -0.2) is 24.7 Å². The fourth-order valence-electron chi connectivity index (χ4n) is 3.66. The van der Waals surface area contributed by atoms with Crippen LogP contribution in [0.2, 0.25) is 0 Å². The molecule has 1 amide bonds. The molecule has 0 aromatic heterocycles. The first-order chi connectivity index (χ1) is 9.48. The topological polar surface area (TPSA) is 64.4 Å². The molecule has 1 aromatic rings. The molecular formula is C16H22N2O2. The Morgan fingerprint density at radius 1 is 1.40 bits per heavy atom. The first-order valence-corrected chi connectivity index (χ1v) is 7.24. The minimum absolute atomic E-state index is 0.0396. The first-order valence-electron chi connectivity index (χ1n) is 7.24. The van der Waals surface area contributed by atoms with Crippen LogP contribution >= 0.6 is 0 Å². The molecule has 3 atom stereocenters. The summed E-state index contributed by atoms with van der Waals surface area (Å²) in [5.74, 6) is 0.568. The average molecular weight is 274 g/mol. The molecule has 20 heavy (non-hydrogen) atoms. The highest BCUT2D eigenvalue weighted by molar-refractivity contribution is 5.79. The van der Waals surface area contributed by atoms with Gasteiger partial charge in [0.2, 0.25) is 5.91 Å². The largest absolute Gasteiger partial charge is 0.399 e. The molecule has 4 heteroatoms. The van der Waals surface area contributed by atoms with Crippen molar-refractivity contribution in [2.24, 2.45) is 11.3 Å². The van der Waals surface area contributed by atoms with Crippen molar-refractivity contribution < 1.29 is 9.53 Å². The van der Waals surface area contributed by atoms with Gasteiger partial charge in [-0.1, -0.05) is 26.0 Å². The third-order valence-electron chi connectivity index (χ3n) is 4.76. The molecule has 3 unspecified atom stereocenters. The maximum Gasteiger partial charge on any atom is 0.224 e. The van der Waals surface area contributed by atoms with Crippen molar-refractivity contribution in [2.75, 3.05) is 12.3 Å². The van der Waals surface area contributed by atoms with E-state index in [0.29, 0.717) is 18.4 Å². The number of hydrogen-bond donors (Lipinski definition) is 2. The molecular weight excluding hydrogens is 252 g/mol. The Bertz CT molecular complexity index is 510. The van der Waals surface area contributed by atoms with E-state index in [1.165, 1.54) is 0 Å². The van der Waals surface area contributed by atoms with Crippen LogP contribution in [0.1, 0.15) is 25.8 Å². The second-order valence-electron chi connectivity index (χ2n) is 6.53. The molecule has 3 rings (SSSR count). The van der Waals surface area contributed by atoms with Crippen molar-refractivity contribution in [1.29, 1.82) is 0 Å². The summed E-state index contributed by atoms with van der Waals surface area (Å²) in [6, 6.07) is 7.70. The Kier molecular flexibility index (Phi) is 3.21. The predicted molar refractivity (Wildman–Crippen MR) is 78.1 cm³/mol. The smallest absolute Gasteiger partial charge is 0.224 e. The van der Waals surface area contributed by atoms with Crippen molar-refractivity contribution in [3.8, 4) is 0 Å². The third kappa shape index (κ3) is 2.18. The average Bonchev–Trinajstić information content (AvgIpc) is 2.86. The minimum atomic E-state index is 0.0396. The van der Waals surface area contributed by atoms with Crippen LogP contribution in [-0.2, 0) is 16.0 Å². The Morgan fingerprint density at radius 2 is 2.10 bits per heavy atom. The van der Waals surface area contributed by atoms with E-state index >= 15 is 0 Å². The molecule has 1 saturated heterocycles. The van der Waals surface area contributed by atoms with Crippen LogP contribution in [0.5, 0.6) is 0 Å². The van der Waals surface area contributed by atoms with Crippen molar-refractivity contribution >= 4 is 11.6 Å². The minimum Gasteiger partial charge on any atom is -0.399 e. The summed E-state index contributed by atoms with van der Waals surface area (Å²) in [5, 5.41) is 3.19. The van der Waals surface area contributed by atoms with Crippen LogP contribution in [0.3, 0.4) is 0 Å². The number of hydrogen-bond acceptors (Lipinski definition) is 3. The number of carbonyl (C=O) groups is 1. The lowest BCUT2D eigenvalue weighted by atomic mass is 9.57.